The molecular formula is C12H14F3N. The van der Waals surface area contributed by atoms with Crippen LogP contribution in [-0.4, -0.2) is 6.54 Å². The Labute approximate surface area is 92.8 Å². The number of allylic oxidation sites excluding steroid dienone is 1. The van der Waals surface area contributed by atoms with Crippen molar-refractivity contribution >= 4 is 5.57 Å². The highest BCUT2D eigenvalue weighted by molar-refractivity contribution is 5.67. The number of hydrogen-bond donors (Lipinski definition) is 1. The zero-order valence-corrected chi connectivity index (χ0v) is 9.01. The minimum Gasteiger partial charge on any atom is -0.330 e. The molecule has 1 nitrogen and oxygen atoms in total. The van der Waals surface area contributed by atoms with Crippen LogP contribution in [0, 0.1) is 0 Å². The molecule has 0 saturated carbocycles. The van der Waals surface area contributed by atoms with Gasteiger partial charge in [0.15, 0.2) is 0 Å². The van der Waals surface area contributed by atoms with Crippen molar-refractivity contribution < 1.29 is 13.2 Å². The third-order valence-corrected chi connectivity index (χ3v) is 2.27. The fourth-order valence-electron chi connectivity index (χ4n) is 1.48. The van der Waals surface area contributed by atoms with E-state index >= 15 is 0 Å². The van der Waals surface area contributed by atoms with Crippen LogP contribution in [0.25, 0.3) is 5.57 Å². The highest BCUT2D eigenvalue weighted by Gasteiger charge is 2.33. The number of nitrogens with two attached hydrogens (primary N) is 1. The Morgan fingerprint density at radius 1 is 1.31 bits per heavy atom. The van der Waals surface area contributed by atoms with Crippen LogP contribution in [0.4, 0.5) is 13.2 Å². The van der Waals surface area contributed by atoms with Crippen molar-refractivity contribution in [3.63, 3.8) is 0 Å². The van der Waals surface area contributed by atoms with Gasteiger partial charge in [0.25, 0.3) is 0 Å². The van der Waals surface area contributed by atoms with Crippen molar-refractivity contribution in [1.82, 2.24) is 0 Å². The van der Waals surface area contributed by atoms with Crippen LogP contribution < -0.4 is 5.73 Å². The van der Waals surface area contributed by atoms with E-state index in [2.05, 4.69) is 0 Å². The minimum absolute atomic E-state index is 0.225. The first-order chi connectivity index (χ1) is 7.46. The molecular weight excluding hydrogens is 215 g/mol. The van der Waals surface area contributed by atoms with Crippen molar-refractivity contribution in [3.8, 4) is 0 Å². The monoisotopic (exact) mass is 229 g/mol. The number of rotatable bonds is 3. The lowest BCUT2D eigenvalue weighted by atomic mass is 10.00. The molecule has 88 valence electrons. The van der Waals surface area contributed by atoms with E-state index in [1.807, 2.05) is 0 Å². The Hall–Kier alpha value is -1.29. The molecule has 0 saturated heterocycles. The average molecular weight is 229 g/mol. The maximum absolute atomic E-state index is 12.7. The first-order valence-electron chi connectivity index (χ1n) is 5.00. The van der Waals surface area contributed by atoms with Crippen LogP contribution in [0.2, 0.25) is 0 Å². The second kappa shape index (κ2) is 5.16. The van der Waals surface area contributed by atoms with Gasteiger partial charge in [0, 0.05) is 0 Å². The minimum atomic E-state index is -4.31. The first kappa shape index (κ1) is 12.8. The molecule has 16 heavy (non-hydrogen) atoms. The smallest absolute Gasteiger partial charge is 0.330 e. The lowest BCUT2D eigenvalue weighted by Crippen LogP contribution is -2.08. The van der Waals surface area contributed by atoms with E-state index in [-0.39, 0.29) is 5.56 Å². The molecule has 0 aromatic heterocycles. The molecule has 1 rings (SSSR count). The summed E-state index contributed by atoms with van der Waals surface area (Å²) in [5, 5.41) is 0. The van der Waals surface area contributed by atoms with Gasteiger partial charge in [-0.3, -0.25) is 0 Å². The molecule has 0 spiro atoms. The maximum atomic E-state index is 12.7. The van der Waals surface area contributed by atoms with E-state index in [4.69, 9.17) is 5.73 Å². The van der Waals surface area contributed by atoms with Crippen molar-refractivity contribution in [3.05, 3.63) is 41.5 Å². The van der Waals surface area contributed by atoms with Gasteiger partial charge in [-0.05, 0) is 37.1 Å². The second-order valence-corrected chi connectivity index (χ2v) is 3.51. The fourth-order valence-corrected chi connectivity index (χ4v) is 1.48. The third kappa shape index (κ3) is 3.10. The molecule has 0 heterocycles. The zero-order valence-electron chi connectivity index (χ0n) is 9.01. The first-order valence-corrected chi connectivity index (χ1v) is 5.00. The molecule has 4 heteroatoms. The Morgan fingerprint density at radius 3 is 2.50 bits per heavy atom. The largest absolute Gasteiger partial charge is 0.416 e. The standard InChI is InChI=1S/C12H14F3N/c1-9(5-4-8-16)10-6-2-3-7-11(10)12(13,14)15/h2-3,5-7H,4,8,16H2,1H3/b9-5+. The average Bonchev–Trinajstić information content (AvgIpc) is 2.24. The normalized spacial score (nSPS) is 12.9. The summed E-state index contributed by atoms with van der Waals surface area (Å²) in [6.45, 7) is 2.10. The molecule has 0 aliphatic heterocycles. The van der Waals surface area contributed by atoms with E-state index in [1.165, 1.54) is 12.1 Å². The Kier molecular flexibility index (Phi) is 4.12. The van der Waals surface area contributed by atoms with Crippen molar-refractivity contribution in [2.45, 2.75) is 19.5 Å². The quantitative estimate of drug-likeness (QED) is 0.843. The predicted octanol–water partition coefficient (Wildman–Crippen LogP) is 3.46. The van der Waals surface area contributed by atoms with Gasteiger partial charge in [-0.25, -0.2) is 0 Å². The summed E-state index contributed by atoms with van der Waals surface area (Å²) in [6.07, 6.45) is -2.00. The number of hydrogen-bond acceptors (Lipinski definition) is 1. The van der Waals surface area contributed by atoms with Crippen LogP contribution in [-0.2, 0) is 6.18 Å². The van der Waals surface area contributed by atoms with Gasteiger partial charge in [0.2, 0.25) is 0 Å². The molecule has 0 atom stereocenters. The molecule has 0 bridgehead atoms. The van der Waals surface area contributed by atoms with Gasteiger partial charge in [0.1, 0.15) is 0 Å². The SMILES string of the molecule is C/C(=C\CCN)c1ccccc1C(F)(F)F. The van der Waals surface area contributed by atoms with Crippen molar-refractivity contribution in [1.29, 1.82) is 0 Å². The van der Waals surface area contributed by atoms with E-state index in [9.17, 15) is 13.2 Å². The van der Waals surface area contributed by atoms with E-state index < -0.39 is 11.7 Å². The molecule has 0 fully saturated rings. The molecule has 2 N–H and O–H groups in total. The Morgan fingerprint density at radius 2 is 1.94 bits per heavy atom. The number of halogens is 3. The summed E-state index contributed by atoms with van der Waals surface area (Å²) < 4.78 is 38.0. The van der Waals surface area contributed by atoms with Gasteiger partial charge in [-0.1, -0.05) is 24.3 Å². The summed E-state index contributed by atoms with van der Waals surface area (Å²) in [4.78, 5) is 0. The van der Waals surface area contributed by atoms with Gasteiger partial charge >= 0.3 is 6.18 Å². The molecule has 0 aliphatic carbocycles. The number of alkyl halides is 3. The summed E-state index contributed by atoms with van der Waals surface area (Å²) >= 11 is 0. The molecule has 1 aromatic carbocycles. The van der Waals surface area contributed by atoms with Crippen LogP contribution in [0.3, 0.4) is 0 Å². The topological polar surface area (TPSA) is 26.0 Å². The fraction of sp³-hybridized carbons (Fsp3) is 0.333. The molecule has 0 aliphatic rings. The second-order valence-electron chi connectivity index (χ2n) is 3.51. The van der Waals surface area contributed by atoms with Crippen LogP contribution in [0.1, 0.15) is 24.5 Å². The summed E-state index contributed by atoms with van der Waals surface area (Å²) in [7, 11) is 0. The molecule has 0 amide bonds. The van der Waals surface area contributed by atoms with Crippen LogP contribution in [0.5, 0.6) is 0 Å². The van der Waals surface area contributed by atoms with Crippen molar-refractivity contribution in [2.75, 3.05) is 6.54 Å². The van der Waals surface area contributed by atoms with Gasteiger partial charge in [-0.15, -0.1) is 0 Å². The van der Waals surface area contributed by atoms with E-state index in [0.29, 0.717) is 18.5 Å². The summed E-state index contributed by atoms with van der Waals surface area (Å²) in [5.41, 5.74) is 5.55. The third-order valence-electron chi connectivity index (χ3n) is 2.27. The summed E-state index contributed by atoms with van der Waals surface area (Å²) in [6, 6.07) is 5.56. The Bertz CT molecular complexity index is 380. The van der Waals surface area contributed by atoms with E-state index in [1.54, 1.807) is 19.1 Å². The lowest BCUT2D eigenvalue weighted by Gasteiger charge is -2.12. The highest BCUT2D eigenvalue weighted by atomic mass is 19.4. The highest BCUT2D eigenvalue weighted by Crippen LogP contribution is 2.34. The maximum Gasteiger partial charge on any atom is 0.416 e. The lowest BCUT2D eigenvalue weighted by molar-refractivity contribution is -0.137. The molecule has 0 unspecified atom stereocenters. The summed E-state index contributed by atoms with van der Waals surface area (Å²) in [5.74, 6) is 0. The molecule has 0 radical (unpaired) electrons. The van der Waals surface area contributed by atoms with Gasteiger partial charge in [0.05, 0.1) is 5.56 Å². The van der Waals surface area contributed by atoms with Crippen LogP contribution in [0.15, 0.2) is 30.3 Å². The van der Waals surface area contributed by atoms with Gasteiger partial charge < -0.3 is 5.73 Å². The predicted molar refractivity (Wildman–Crippen MR) is 58.8 cm³/mol. The van der Waals surface area contributed by atoms with E-state index in [0.717, 1.165) is 6.07 Å². The molecule has 1 aromatic rings. The zero-order chi connectivity index (χ0) is 12.2. The van der Waals surface area contributed by atoms with Crippen LogP contribution >= 0.6 is 0 Å². The Balaban J connectivity index is 3.14. The van der Waals surface area contributed by atoms with Crippen molar-refractivity contribution in [2.24, 2.45) is 5.73 Å². The van der Waals surface area contributed by atoms with Gasteiger partial charge in [-0.2, -0.15) is 13.2 Å². The number of benzene rings is 1.